The summed E-state index contributed by atoms with van der Waals surface area (Å²) in [5.41, 5.74) is -2.63. The molecule has 10 heteroatoms. The summed E-state index contributed by atoms with van der Waals surface area (Å²) in [5.74, 6) is -8.01. The third kappa shape index (κ3) is 9.45. The molecule has 0 saturated heterocycles. The van der Waals surface area contributed by atoms with Crippen LogP contribution in [-0.2, 0) is 12.8 Å². The first kappa shape index (κ1) is 40.7. The Balaban J connectivity index is 1.40. The molecular weight excluding hydrogens is 727 g/mol. The van der Waals surface area contributed by atoms with Gasteiger partial charge in [0.05, 0.1) is 23.8 Å². The van der Waals surface area contributed by atoms with E-state index in [1.807, 2.05) is 6.92 Å². The van der Waals surface area contributed by atoms with Gasteiger partial charge in [-0.25, -0.2) is 39.5 Å². The molecule has 0 aromatic heterocycles. The fourth-order valence-corrected chi connectivity index (χ4v) is 6.22. The van der Waals surface area contributed by atoms with E-state index < -0.39 is 69.1 Å². The fourth-order valence-electron chi connectivity index (χ4n) is 6.22. The van der Waals surface area contributed by atoms with Crippen molar-refractivity contribution in [1.82, 2.24) is 0 Å². The van der Waals surface area contributed by atoms with Crippen molar-refractivity contribution in [1.29, 1.82) is 0 Å². The summed E-state index contributed by atoms with van der Waals surface area (Å²) < 4.78 is 141. The summed E-state index contributed by atoms with van der Waals surface area (Å²) in [4.78, 5) is 0. The Labute approximate surface area is 314 Å². The third-order valence-electron chi connectivity index (χ3n) is 9.17. The lowest BCUT2D eigenvalue weighted by Crippen LogP contribution is -2.00. The van der Waals surface area contributed by atoms with E-state index in [1.54, 1.807) is 6.07 Å². The topological polar surface area (TPSA) is 9.23 Å². The largest absolute Gasteiger partial charge is 0.495 e. The molecule has 0 aliphatic heterocycles. The predicted molar refractivity (Wildman–Crippen MR) is 198 cm³/mol. The Hall–Kier alpha value is -5.43. The van der Waals surface area contributed by atoms with Crippen molar-refractivity contribution in [3.63, 3.8) is 0 Å². The fraction of sp³-hybridized carbons (Fsp3) is 0.244. The van der Waals surface area contributed by atoms with Crippen LogP contribution in [-0.4, -0.2) is 7.11 Å². The van der Waals surface area contributed by atoms with Crippen molar-refractivity contribution in [3.8, 4) is 39.8 Å². The zero-order chi connectivity index (χ0) is 39.8. The van der Waals surface area contributed by atoms with Crippen LogP contribution in [0.1, 0.15) is 85.8 Å². The number of unbranched alkanes of at least 4 members (excludes halogenated alkanes) is 4. The Morgan fingerprint density at radius 1 is 0.527 bits per heavy atom. The number of aryl methyl sites for hydroxylation is 2. The van der Waals surface area contributed by atoms with E-state index in [-0.39, 0.29) is 33.6 Å². The van der Waals surface area contributed by atoms with Crippen molar-refractivity contribution in [2.45, 2.75) is 65.2 Å². The van der Waals surface area contributed by atoms with Crippen LogP contribution >= 0.6 is 0 Å². The zero-order valence-electron chi connectivity index (χ0n) is 30.4. The SMILES string of the molecule is CCCCCc1ccc(-c2ccc(-c3cc(F)c(/C(F)=C(\F)c4c(F)cc(C#Cc5cc(F)c(CCCCC)cc5OC)cc4F)c(F)c3)c(F)c2)c(F)c1. The lowest BCUT2D eigenvalue weighted by molar-refractivity contribution is 0.411. The van der Waals surface area contributed by atoms with Crippen molar-refractivity contribution < 1.29 is 44.3 Å². The Morgan fingerprint density at radius 2 is 1.05 bits per heavy atom. The first-order chi connectivity index (χ1) is 26.4. The first-order valence-electron chi connectivity index (χ1n) is 17.9. The van der Waals surface area contributed by atoms with E-state index >= 15 is 30.7 Å². The van der Waals surface area contributed by atoms with Gasteiger partial charge in [0.2, 0.25) is 0 Å². The van der Waals surface area contributed by atoms with Crippen LogP contribution in [0.15, 0.2) is 72.8 Å². The highest BCUT2D eigenvalue weighted by Crippen LogP contribution is 2.38. The Morgan fingerprint density at radius 3 is 1.62 bits per heavy atom. The highest BCUT2D eigenvalue weighted by molar-refractivity contribution is 5.85. The molecule has 286 valence electrons. The van der Waals surface area contributed by atoms with E-state index in [0.29, 0.717) is 42.7 Å². The summed E-state index contributed by atoms with van der Waals surface area (Å²) >= 11 is 0. The second kappa shape index (κ2) is 18.3. The highest BCUT2D eigenvalue weighted by Gasteiger charge is 2.26. The molecule has 5 aromatic rings. The average Bonchev–Trinajstić information content (AvgIpc) is 3.14. The molecule has 0 spiro atoms. The van der Waals surface area contributed by atoms with Gasteiger partial charge < -0.3 is 4.74 Å². The first-order valence-corrected chi connectivity index (χ1v) is 17.9. The third-order valence-corrected chi connectivity index (χ3v) is 9.17. The van der Waals surface area contributed by atoms with E-state index in [0.717, 1.165) is 62.3 Å². The molecule has 0 heterocycles. The normalized spacial score (nSPS) is 11.6. The smallest absolute Gasteiger partial charge is 0.172 e. The van der Waals surface area contributed by atoms with Gasteiger partial charge in [-0.1, -0.05) is 75.6 Å². The molecule has 0 bridgehead atoms. The molecule has 0 unspecified atom stereocenters. The monoisotopic (exact) mass is 764 g/mol. The molecule has 0 aliphatic carbocycles. The van der Waals surface area contributed by atoms with Gasteiger partial charge in [0.1, 0.15) is 46.5 Å². The van der Waals surface area contributed by atoms with Crippen LogP contribution in [0.4, 0.5) is 39.5 Å². The average molecular weight is 765 g/mol. The summed E-state index contributed by atoms with van der Waals surface area (Å²) in [5, 5.41) is 0. The van der Waals surface area contributed by atoms with Gasteiger partial charge in [-0.05, 0) is 96.5 Å². The van der Waals surface area contributed by atoms with Crippen molar-refractivity contribution >= 4 is 11.7 Å². The lowest BCUT2D eigenvalue weighted by Gasteiger charge is -2.12. The summed E-state index contributed by atoms with van der Waals surface area (Å²) in [6.45, 7) is 4.07. The second-order valence-electron chi connectivity index (χ2n) is 13.1. The molecule has 5 aromatic carbocycles. The molecule has 0 fully saturated rings. The van der Waals surface area contributed by atoms with Gasteiger partial charge in [0, 0.05) is 16.7 Å². The van der Waals surface area contributed by atoms with E-state index in [4.69, 9.17) is 4.74 Å². The van der Waals surface area contributed by atoms with E-state index in [1.165, 1.54) is 31.4 Å². The predicted octanol–water partition coefficient (Wildman–Crippen LogP) is 13.6. The number of methoxy groups -OCH3 is 1. The van der Waals surface area contributed by atoms with Gasteiger partial charge in [-0.15, -0.1) is 0 Å². The van der Waals surface area contributed by atoms with Gasteiger partial charge in [0.15, 0.2) is 11.7 Å². The molecule has 0 aliphatic rings. The lowest BCUT2D eigenvalue weighted by atomic mass is 9.96. The molecule has 0 radical (unpaired) electrons. The quantitative estimate of drug-likeness (QED) is 0.0502. The van der Waals surface area contributed by atoms with Gasteiger partial charge in [-0.3, -0.25) is 0 Å². The molecular formula is C45H37F9O. The molecule has 0 atom stereocenters. The van der Waals surface area contributed by atoms with E-state index in [9.17, 15) is 8.78 Å². The summed E-state index contributed by atoms with van der Waals surface area (Å²) in [6, 6.07) is 13.0. The van der Waals surface area contributed by atoms with Crippen LogP contribution < -0.4 is 4.74 Å². The zero-order valence-corrected chi connectivity index (χ0v) is 30.4. The number of halogens is 9. The Kier molecular flexibility index (Phi) is 13.5. The van der Waals surface area contributed by atoms with Gasteiger partial charge in [-0.2, -0.15) is 0 Å². The van der Waals surface area contributed by atoms with Crippen LogP contribution in [0.25, 0.3) is 33.9 Å². The minimum Gasteiger partial charge on any atom is -0.495 e. The molecule has 5 rings (SSSR count). The number of benzene rings is 5. The maximum Gasteiger partial charge on any atom is 0.172 e. The number of rotatable bonds is 13. The maximum absolute atomic E-state index is 15.3. The summed E-state index contributed by atoms with van der Waals surface area (Å²) in [7, 11) is 1.35. The van der Waals surface area contributed by atoms with Crippen LogP contribution in [0.2, 0.25) is 0 Å². The molecule has 0 N–H and O–H groups in total. The van der Waals surface area contributed by atoms with Crippen molar-refractivity contribution in [2.75, 3.05) is 7.11 Å². The van der Waals surface area contributed by atoms with Crippen molar-refractivity contribution in [2.24, 2.45) is 0 Å². The van der Waals surface area contributed by atoms with E-state index in [2.05, 4.69) is 18.8 Å². The summed E-state index contributed by atoms with van der Waals surface area (Å²) in [6.07, 6.45) is 6.67. The molecule has 1 nitrogen and oxygen atoms in total. The molecule has 0 saturated carbocycles. The number of ether oxygens (including phenoxy) is 1. The minimum absolute atomic E-state index is 0.0724. The minimum atomic E-state index is -2.25. The van der Waals surface area contributed by atoms with Crippen molar-refractivity contribution in [3.05, 3.63) is 147 Å². The maximum atomic E-state index is 15.3. The number of hydrogen-bond donors (Lipinski definition) is 0. The van der Waals surface area contributed by atoms with Gasteiger partial charge >= 0.3 is 0 Å². The Bertz CT molecular complexity index is 2250. The second-order valence-corrected chi connectivity index (χ2v) is 13.1. The number of hydrogen-bond acceptors (Lipinski definition) is 1. The van der Waals surface area contributed by atoms with Crippen LogP contribution in [0.5, 0.6) is 5.75 Å². The standard InChI is InChI=1S/C45H37F9O/c1-4-6-8-10-26-13-16-32(35(47)18-26)28-15-17-33(36(48)21-28)31-23-39(51)43(40(52)24-31)45(54)44(53)42-37(49)19-27(20-38(42)50)12-14-30-22-34(46)29(11-9-7-5-2)25-41(30)55-3/h13,15-25H,4-11H2,1-3H3/b45-44+. The van der Waals surface area contributed by atoms with Gasteiger partial charge in [0.25, 0.3) is 0 Å². The molecule has 0 amide bonds. The van der Waals surface area contributed by atoms with Crippen LogP contribution in [0.3, 0.4) is 0 Å². The highest BCUT2D eigenvalue weighted by atomic mass is 19.2. The molecule has 55 heavy (non-hydrogen) atoms. The van der Waals surface area contributed by atoms with Crippen LogP contribution in [0, 0.1) is 52.6 Å².